The third-order valence-electron chi connectivity index (χ3n) is 5.72. The van der Waals surface area contributed by atoms with Crippen LogP contribution >= 0.6 is 0 Å². The van der Waals surface area contributed by atoms with Crippen LogP contribution in [0, 0.1) is 5.82 Å². The van der Waals surface area contributed by atoms with Crippen LogP contribution in [0.1, 0.15) is 12.0 Å². The summed E-state index contributed by atoms with van der Waals surface area (Å²) in [4.78, 5) is 30.6. The van der Waals surface area contributed by atoms with Crippen molar-refractivity contribution in [2.24, 2.45) is 11.5 Å². The third-order valence-corrected chi connectivity index (χ3v) is 5.72. The molecular weight excluding hydrogens is 401 g/mol. The molecule has 31 heavy (non-hydrogen) atoms. The molecule has 8 nitrogen and oxygen atoms in total. The highest BCUT2D eigenvalue weighted by Gasteiger charge is 2.31. The van der Waals surface area contributed by atoms with Crippen LogP contribution in [0.2, 0.25) is 0 Å². The van der Waals surface area contributed by atoms with Crippen LogP contribution in [0.25, 0.3) is 0 Å². The second kappa shape index (κ2) is 10.3. The Bertz CT molecular complexity index is 849. The fourth-order valence-electron chi connectivity index (χ4n) is 3.70. The van der Waals surface area contributed by atoms with E-state index in [-0.39, 0.29) is 35.8 Å². The zero-order valence-corrected chi connectivity index (χ0v) is 17.8. The van der Waals surface area contributed by atoms with Gasteiger partial charge in [-0.25, -0.2) is 4.39 Å². The Morgan fingerprint density at radius 2 is 1.81 bits per heavy atom. The van der Waals surface area contributed by atoms with Gasteiger partial charge in [0.05, 0.1) is 37.2 Å². The van der Waals surface area contributed by atoms with Gasteiger partial charge in [0.2, 0.25) is 5.91 Å². The fourth-order valence-corrected chi connectivity index (χ4v) is 3.70. The Morgan fingerprint density at radius 1 is 1.13 bits per heavy atom. The number of rotatable bonds is 6. The molecule has 4 N–H and O–H groups in total. The summed E-state index contributed by atoms with van der Waals surface area (Å²) >= 11 is 0. The Kier molecular flexibility index (Phi) is 7.51. The molecule has 1 unspecified atom stereocenters. The first-order valence-corrected chi connectivity index (χ1v) is 10.4. The number of nitrogens with zero attached hydrogens (tertiary/aromatic N) is 3. The van der Waals surface area contributed by atoms with Gasteiger partial charge in [0.15, 0.2) is 0 Å². The van der Waals surface area contributed by atoms with Crippen molar-refractivity contribution in [2.75, 3.05) is 46.4 Å². The van der Waals surface area contributed by atoms with Crippen molar-refractivity contribution in [1.82, 2.24) is 14.7 Å². The van der Waals surface area contributed by atoms with E-state index in [0.29, 0.717) is 51.6 Å². The van der Waals surface area contributed by atoms with Crippen LogP contribution in [0.5, 0.6) is 0 Å². The number of carbonyl (C=O) groups excluding carboxylic acids is 2. The number of benzene rings is 1. The zero-order valence-electron chi connectivity index (χ0n) is 17.8. The van der Waals surface area contributed by atoms with E-state index in [1.54, 1.807) is 35.1 Å². The van der Waals surface area contributed by atoms with E-state index in [1.165, 1.54) is 18.2 Å². The molecular formula is C22H30FN5O3. The summed E-state index contributed by atoms with van der Waals surface area (Å²) in [5.74, 6) is -0.130. The number of morpholine rings is 1. The number of amides is 2. The number of allylic oxidation sites excluding steroid dienone is 2. The summed E-state index contributed by atoms with van der Waals surface area (Å²) in [6, 6.07) is 5.81. The molecule has 2 heterocycles. The monoisotopic (exact) mass is 431 g/mol. The number of carbonyl (C=O) groups is 2. The van der Waals surface area contributed by atoms with Crippen LogP contribution in [0.4, 0.5) is 4.39 Å². The Labute approximate surface area is 181 Å². The van der Waals surface area contributed by atoms with Crippen LogP contribution < -0.4 is 11.5 Å². The lowest BCUT2D eigenvalue weighted by Gasteiger charge is -2.28. The fraction of sp³-hybridized carbons (Fsp3) is 0.455. The molecule has 9 heteroatoms. The minimum atomic E-state index is -0.332. The minimum absolute atomic E-state index is 0.0735. The van der Waals surface area contributed by atoms with Crippen molar-refractivity contribution in [3.05, 3.63) is 59.3 Å². The van der Waals surface area contributed by atoms with E-state index in [4.69, 9.17) is 16.2 Å². The standard InChI is InChI=1S/C22H30FN5O3/c1-26(21(29)14-16-2-4-17(23)5-3-16)18-8-9-28(15-18)22(30)19(24)6-7-20(25)27-10-12-31-13-11-27/h2-7,18H,8-15,24-25H2,1H3/b19-6-,20-7+. The molecule has 0 bridgehead atoms. The molecule has 0 aromatic heterocycles. The topological polar surface area (TPSA) is 105 Å². The summed E-state index contributed by atoms with van der Waals surface area (Å²) in [5.41, 5.74) is 12.9. The van der Waals surface area contributed by atoms with Crippen molar-refractivity contribution in [3.8, 4) is 0 Å². The van der Waals surface area contributed by atoms with Crippen LogP contribution in [0.15, 0.2) is 47.9 Å². The van der Waals surface area contributed by atoms with Crippen molar-refractivity contribution in [1.29, 1.82) is 0 Å². The average molecular weight is 432 g/mol. The van der Waals surface area contributed by atoms with E-state index in [9.17, 15) is 14.0 Å². The predicted molar refractivity (Wildman–Crippen MR) is 115 cm³/mol. The molecule has 2 saturated heterocycles. The van der Waals surface area contributed by atoms with Crippen molar-refractivity contribution < 1.29 is 18.7 Å². The molecule has 0 radical (unpaired) electrons. The molecule has 1 aromatic carbocycles. The van der Waals surface area contributed by atoms with Gasteiger partial charge in [0.1, 0.15) is 5.82 Å². The van der Waals surface area contributed by atoms with Gasteiger partial charge in [-0.3, -0.25) is 9.59 Å². The van der Waals surface area contributed by atoms with Gasteiger partial charge in [-0.05, 0) is 36.3 Å². The molecule has 0 saturated carbocycles. The van der Waals surface area contributed by atoms with Crippen molar-refractivity contribution in [3.63, 3.8) is 0 Å². The average Bonchev–Trinajstić information content (AvgIpc) is 3.28. The van der Waals surface area contributed by atoms with Gasteiger partial charge >= 0.3 is 0 Å². The smallest absolute Gasteiger partial charge is 0.269 e. The quantitative estimate of drug-likeness (QED) is 0.499. The lowest BCUT2D eigenvalue weighted by atomic mass is 10.1. The van der Waals surface area contributed by atoms with Gasteiger partial charge in [-0.15, -0.1) is 0 Å². The first-order chi connectivity index (χ1) is 14.8. The summed E-state index contributed by atoms with van der Waals surface area (Å²) in [6.45, 7) is 3.59. The van der Waals surface area contributed by atoms with Crippen LogP contribution in [-0.2, 0) is 20.7 Å². The number of halogens is 1. The van der Waals surface area contributed by atoms with E-state index in [2.05, 4.69) is 0 Å². The second-order valence-electron chi connectivity index (χ2n) is 7.81. The number of hydrogen-bond donors (Lipinski definition) is 2. The summed E-state index contributed by atoms with van der Waals surface area (Å²) < 4.78 is 18.3. The van der Waals surface area contributed by atoms with Gasteiger partial charge in [-0.2, -0.15) is 0 Å². The number of nitrogens with two attached hydrogens (primary N) is 2. The molecule has 2 aliphatic heterocycles. The number of ether oxygens (including phenoxy) is 1. The number of hydrogen-bond acceptors (Lipinski definition) is 6. The van der Waals surface area contributed by atoms with E-state index < -0.39 is 0 Å². The van der Waals surface area contributed by atoms with Gasteiger partial charge < -0.3 is 30.9 Å². The molecule has 1 atom stereocenters. The highest BCUT2D eigenvalue weighted by Crippen LogP contribution is 2.17. The highest BCUT2D eigenvalue weighted by atomic mass is 19.1. The Morgan fingerprint density at radius 3 is 2.48 bits per heavy atom. The highest BCUT2D eigenvalue weighted by molar-refractivity contribution is 5.93. The Hall–Kier alpha value is -3.07. The molecule has 1 aromatic rings. The maximum Gasteiger partial charge on any atom is 0.269 e. The zero-order chi connectivity index (χ0) is 22.4. The molecule has 2 amide bonds. The Balaban J connectivity index is 1.53. The van der Waals surface area contributed by atoms with Crippen LogP contribution in [0.3, 0.4) is 0 Å². The molecule has 3 rings (SSSR count). The summed E-state index contributed by atoms with van der Waals surface area (Å²) in [7, 11) is 1.73. The SMILES string of the molecule is CN(C(=O)Cc1ccc(F)cc1)C1CCN(C(=O)/C(N)=C/C=C(\N)N2CCOCC2)C1. The predicted octanol–water partition coefficient (Wildman–Crippen LogP) is 0.402. The second-order valence-corrected chi connectivity index (χ2v) is 7.81. The lowest BCUT2D eigenvalue weighted by Crippen LogP contribution is -2.41. The molecule has 2 fully saturated rings. The summed E-state index contributed by atoms with van der Waals surface area (Å²) in [6.07, 6.45) is 4.04. The first kappa shape index (κ1) is 22.6. The summed E-state index contributed by atoms with van der Waals surface area (Å²) in [5, 5.41) is 0. The normalized spacial score (nSPS) is 20.1. The van der Waals surface area contributed by atoms with Gasteiger partial charge in [0, 0.05) is 33.2 Å². The molecule has 0 aliphatic carbocycles. The van der Waals surface area contributed by atoms with E-state index in [0.717, 1.165) is 5.56 Å². The maximum atomic E-state index is 13.0. The van der Waals surface area contributed by atoms with Crippen molar-refractivity contribution in [2.45, 2.75) is 18.9 Å². The van der Waals surface area contributed by atoms with Crippen molar-refractivity contribution >= 4 is 11.8 Å². The van der Waals surface area contributed by atoms with Gasteiger partial charge in [0.25, 0.3) is 5.91 Å². The van der Waals surface area contributed by atoms with E-state index >= 15 is 0 Å². The molecule has 0 spiro atoms. The first-order valence-electron chi connectivity index (χ1n) is 10.4. The lowest BCUT2D eigenvalue weighted by molar-refractivity contribution is -0.132. The number of likely N-dealkylation sites (tertiary alicyclic amines) is 1. The minimum Gasteiger partial charge on any atom is -0.394 e. The van der Waals surface area contributed by atoms with E-state index in [1.807, 2.05) is 4.90 Å². The van der Waals surface area contributed by atoms with Crippen LogP contribution in [-0.4, -0.2) is 79.0 Å². The molecule has 2 aliphatic rings. The largest absolute Gasteiger partial charge is 0.394 e. The number of likely N-dealkylation sites (N-methyl/N-ethyl adjacent to an activating group) is 1. The maximum absolute atomic E-state index is 13.0. The molecule has 168 valence electrons. The third kappa shape index (κ3) is 5.97. The van der Waals surface area contributed by atoms with Gasteiger partial charge in [-0.1, -0.05) is 12.1 Å².